The number of carbonyl (C=O) groups excluding carboxylic acids is 1. The Labute approximate surface area is 157 Å². The highest BCUT2D eigenvalue weighted by Gasteiger charge is 2.14. The van der Waals surface area contributed by atoms with Crippen LogP contribution in [0.15, 0.2) is 60.3 Å². The van der Waals surface area contributed by atoms with Crippen LogP contribution in [0, 0.1) is 21.4 Å². The van der Waals surface area contributed by atoms with Crippen LogP contribution in [0.2, 0.25) is 0 Å². The fourth-order valence-electron chi connectivity index (χ4n) is 2.41. The van der Waals surface area contributed by atoms with Crippen molar-refractivity contribution < 1.29 is 9.72 Å². The molecule has 2 aromatic rings. The van der Waals surface area contributed by atoms with Crippen LogP contribution in [-0.2, 0) is 11.2 Å². The zero-order valence-electron chi connectivity index (χ0n) is 15.1. The van der Waals surface area contributed by atoms with Crippen LogP contribution < -0.4 is 10.6 Å². The Bertz CT molecular complexity index is 898. The molecule has 1 unspecified atom stereocenters. The first-order valence-electron chi connectivity index (χ1n) is 8.45. The minimum atomic E-state index is -0.525. The number of carbonyl (C=O) groups is 1. The zero-order valence-corrected chi connectivity index (χ0v) is 15.1. The molecule has 7 heteroatoms. The van der Waals surface area contributed by atoms with Gasteiger partial charge in [0.1, 0.15) is 11.6 Å². The second-order valence-corrected chi connectivity index (χ2v) is 5.91. The quantitative estimate of drug-likeness (QED) is 0.336. The molecule has 0 spiro atoms. The summed E-state index contributed by atoms with van der Waals surface area (Å²) in [6.45, 7) is 3.90. The number of nitriles is 1. The molecule has 7 nitrogen and oxygen atoms in total. The van der Waals surface area contributed by atoms with Crippen molar-refractivity contribution in [2.75, 3.05) is 5.32 Å². The normalized spacial score (nSPS) is 12.0. The van der Waals surface area contributed by atoms with Gasteiger partial charge >= 0.3 is 0 Å². The van der Waals surface area contributed by atoms with Crippen LogP contribution in [0.3, 0.4) is 0 Å². The molecule has 0 aromatic heterocycles. The lowest BCUT2D eigenvalue weighted by Gasteiger charge is -2.14. The van der Waals surface area contributed by atoms with Crippen LogP contribution >= 0.6 is 0 Å². The second-order valence-electron chi connectivity index (χ2n) is 5.91. The van der Waals surface area contributed by atoms with Crippen LogP contribution in [0.5, 0.6) is 0 Å². The van der Waals surface area contributed by atoms with Gasteiger partial charge in [0.15, 0.2) is 0 Å². The maximum atomic E-state index is 12.3. The minimum absolute atomic E-state index is 0.0829. The lowest BCUT2D eigenvalue weighted by Crippen LogP contribution is -2.28. The zero-order chi connectivity index (χ0) is 19.8. The molecule has 0 aliphatic rings. The van der Waals surface area contributed by atoms with Gasteiger partial charge in [0.05, 0.1) is 11.0 Å². The summed E-state index contributed by atoms with van der Waals surface area (Å²) in [6, 6.07) is 15.3. The molecule has 0 heterocycles. The van der Waals surface area contributed by atoms with E-state index in [0.717, 1.165) is 12.0 Å². The molecule has 0 aliphatic heterocycles. The molecule has 1 amide bonds. The van der Waals surface area contributed by atoms with E-state index in [1.807, 2.05) is 37.3 Å². The molecule has 1 atom stereocenters. The van der Waals surface area contributed by atoms with Gasteiger partial charge in [-0.1, -0.05) is 37.3 Å². The SMILES string of the molecule is CCc1ccc(C(C)NC(=O)/C(C#N)=C\Nc2cccc([N+](=O)[O-])c2)cc1. The number of amides is 1. The summed E-state index contributed by atoms with van der Waals surface area (Å²) >= 11 is 0. The van der Waals surface area contributed by atoms with Gasteiger partial charge in [-0.05, 0) is 30.5 Å². The average Bonchev–Trinajstić information content (AvgIpc) is 2.68. The number of non-ortho nitro benzene ring substituents is 1. The summed E-state index contributed by atoms with van der Waals surface area (Å²) in [4.78, 5) is 22.6. The largest absolute Gasteiger partial charge is 0.360 e. The number of nitrogens with one attached hydrogen (secondary N) is 2. The van der Waals surface area contributed by atoms with Gasteiger partial charge in [-0.3, -0.25) is 14.9 Å². The first kappa shape index (κ1) is 19.7. The number of nitro groups is 1. The van der Waals surface area contributed by atoms with Gasteiger partial charge in [-0.25, -0.2) is 0 Å². The summed E-state index contributed by atoms with van der Waals surface area (Å²) in [5.41, 5.74) is 2.34. The van der Waals surface area contributed by atoms with Crippen molar-refractivity contribution in [3.05, 3.63) is 81.5 Å². The maximum absolute atomic E-state index is 12.3. The van der Waals surface area contributed by atoms with Crippen LogP contribution in [-0.4, -0.2) is 10.8 Å². The van der Waals surface area contributed by atoms with Crippen molar-refractivity contribution in [3.63, 3.8) is 0 Å². The third-order valence-corrected chi connectivity index (χ3v) is 4.04. The number of anilines is 1. The van der Waals surface area contributed by atoms with Gasteiger partial charge in [0.25, 0.3) is 11.6 Å². The third-order valence-electron chi connectivity index (χ3n) is 4.04. The highest BCUT2D eigenvalue weighted by atomic mass is 16.6. The van der Waals surface area contributed by atoms with E-state index in [9.17, 15) is 20.2 Å². The van der Waals surface area contributed by atoms with Crippen molar-refractivity contribution in [2.45, 2.75) is 26.3 Å². The number of nitro benzene ring substituents is 1. The number of hydrogen-bond donors (Lipinski definition) is 2. The number of nitrogens with zero attached hydrogens (tertiary/aromatic N) is 2. The van der Waals surface area contributed by atoms with E-state index in [0.29, 0.717) is 5.69 Å². The predicted molar refractivity (Wildman–Crippen MR) is 103 cm³/mol. The van der Waals surface area contributed by atoms with Crippen molar-refractivity contribution in [1.29, 1.82) is 5.26 Å². The number of aryl methyl sites for hydroxylation is 1. The standard InChI is InChI=1S/C20H20N4O3/c1-3-15-7-9-16(10-8-15)14(2)23-20(25)17(12-21)13-22-18-5-4-6-19(11-18)24(26)27/h4-11,13-14,22H,3H2,1-2H3,(H,23,25)/b17-13-. The van der Waals surface area contributed by atoms with Crippen molar-refractivity contribution in [2.24, 2.45) is 0 Å². The maximum Gasteiger partial charge on any atom is 0.271 e. The van der Waals surface area contributed by atoms with E-state index < -0.39 is 10.8 Å². The Balaban J connectivity index is 2.06. The fraction of sp³-hybridized carbons (Fsp3) is 0.200. The summed E-state index contributed by atoms with van der Waals surface area (Å²) < 4.78 is 0. The topological polar surface area (TPSA) is 108 Å². The summed E-state index contributed by atoms with van der Waals surface area (Å²) in [6.07, 6.45) is 2.17. The number of hydrogen-bond acceptors (Lipinski definition) is 5. The van der Waals surface area contributed by atoms with E-state index in [4.69, 9.17) is 0 Å². The van der Waals surface area contributed by atoms with Gasteiger partial charge in [-0.15, -0.1) is 0 Å². The fourth-order valence-corrected chi connectivity index (χ4v) is 2.41. The third kappa shape index (κ3) is 5.41. The molecule has 2 aromatic carbocycles. The van der Waals surface area contributed by atoms with E-state index in [1.54, 1.807) is 6.07 Å². The molecular formula is C20H20N4O3. The van der Waals surface area contributed by atoms with E-state index >= 15 is 0 Å². The van der Waals surface area contributed by atoms with Crippen LogP contribution in [0.4, 0.5) is 11.4 Å². The second kappa shape index (κ2) is 9.15. The lowest BCUT2D eigenvalue weighted by molar-refractivity contribution is -0.384. The van der Waals surface area contributed by atoms with Crippen molar-refractivity contribution in [3.8, 4) is 6.07 Å². The molecule has 2 rings (SSSR count). The van der Waals surface area contributed by atoms with Gasteiger partial charge < -0.3 is 10.6 Å². The van der Waals surface area contributed by atoms with E-state index in [-0.39, 0.29) is 17.3 Å². The molecule has 0 bridgehead atoms. The molecule has 0 saturated heterocycles. The van der Waals surface area contributed by atoms with Gasteiger partial charge in [0.2, 0.25) is 0 Å². The van der Waals surface area contributed by atoms with Crippen molar-refractivity contribution in [1.82, 2.24) is 5.32 Å². The Morgan fingerprint density at radius 3 is 2.59 bits per heavy atom. The first-order valence-corrected chi connectivity index (χ1v) is 8.45. The van der Waals surface area contributed by atoms with Crippen molar-refractivity contribution >= 4 is 17.3 Å². The van der Waals surface area contributed by atoms with Gasteiger partial charge in [0, 0.05) is 24.0 Å². The highest BCUT2D eigenvalue weighted by Crippen LogP contribution is 2.18. The lowest BCUT2D eigenvalue weighted by atomic mass is 10.0. The Morgan fingerprint density at radius 2 is 2.00 bits per heavy atom. The first-order chi connectivity index (χ1) is 12.9. The molecule has 0 fully saturated rings. The number of rotatable bonds is 7. The number of benzene rings is 2. The Morgan fingerprint density at radius 1 is 1.30 bits per heavy atom. The average molecular weight is 364 g/mol. The van der Waals surface area contributed by atoms with E-state index in [1.165, 1.54) is 30.0 Å². The molecule has 2 N–H and O–H groups in total. The van der Waals surface area contributed by atoms with E-state index in [2.05, 4.69) is 17.6 Å². The molecular weight excluding hydrogens is 344 g/mol. The predicted octanol–water partition coefficient (Wildman–Crippen LogP) is 3.85. The Hall–Kier alpha value is -3.66. The van der Waals surface area contributed by atoms with Crippen LogP contribution in [0.1, 0.15) is 31.0 Å². The molecule has 138 valence electrons. The smallest absolute Gasteiger partial charge is 0.271 e. The summed E-state index contributed by atoms with van der Waals surface area (Å²) in [5.74, 6) is -0.525. The summed E-state index contributed by atoms with van der Waals surface area (Å²) in [5, 5.41) is 25.6. The molecule has 27 heavy (non-hydrogen) atoms. The highest BCUT2D eigenvalue weighted by molar-refractivity contribution is 5.97. The minimum Gasteiger partial charge on any atom is -0.360 e. The molecule has 0 aliphatic carbocycles. The summed E-state index contributed by atoms with van der Waals surface area (Å²) in [7, 11) is 0. The van der Waals surface area contributed by atoms with Gasteiger partial charge in [-0.2, -0.15) is 5.26 Å². The Kier molecular flexibility index (Phi) is 6.67. The van der Waals surface area contributed by atoms with Crippen LogP contribution in [0.25, 0.3) is 0 Å². The molecule has 0 radical (unpaired) electrons. The monoisotopic (exact) mass is 364 g/mol. The molecule has 0 saturated carbocycles.